The highest BCUT2D eigenvalue weighted by atomic mass is 19.4. The molecule has 0 radical (unpaired) electrons. The van der Waals surface area contributed by atoms with E-state index in [0.29, 0.717) is 43.9 Å². The molecule has 1 aliphatic heterocycles. The van der Waals surface area contributed by atoms with Crippen LogP contribution in [0.5, 0.6) is 0 Å². The highest BCUT2D eigenvalue weighted by molar-refractivity contribution is 5.95. The molecule has 1 aromatic carbocycles. The Balaban J connectivity index is 1.89. The predicted octanol–water partition coefficient (Wildman–Crippen LogP) is 2.60. The van der Waals surface area contributed by atoms with Crippen LogP contribution in [0.25, 0.3) is 10.9 Å². The Kier molecular flexibility index (Phi) is 4.51. The predicted molar refractivity (Wildman–Crippen MR) is 83.9 cm³/mol. The molecular formula is C16H18F3N3O2. The topological polar surface area (TPSA) is 60.5 Å². The van der Waals surface area contributed by atoms with E-state index in [0.717, 1.165) is 10.6 Å². The number of carbonyl (C=O) groups is 1. The molecule has 0 atom stereocenters. The van der Waals surface area contributed by atoms with Gasteiger partial charge in [-0.15, -0.1) is 0 Å². The van der Waals surface area contributed by atoms with Gasteiger partial charge in [-0.2, -0.15) is 13.2 Å². The third-order valence-electron chi connectivity index (χ3n) is 4.11. The van der Waals surface area contributed by atoms with E-state index in [9.17, 15) is 18.0 Å². The number of hydrogen-bond donors (Lipinski definition) is 1. The van der Waals surface area contributed by atoms with E-state index < -0.39 is 17.8 Å². The molecule has 24 heavy (non-hydrogen) atoms. The van der Waals surface area contributed by atoms with Crippen molar-refractivity contribution in [3.8, 4) is 0 Å². The largest absolute Gasteiger partial charge is 0.431 e. The molecule has 130 valence electrons. The summed E-state index contributed by atoms with van der Waals surface area (Å²) >= 11 is 0. The van der Waals surface area contributed by atoms with Gasteiger partial charge < -0.3 is 10.5 Å². The van der Waals surface area contributed by atoms with Crippen LogP contribution < -0.4 is 5.73 Å². The number of nitrogens with zero attached hydrogens (tertiary/aromatic N) is 2. The molecule has 0 saturated carbocycles. The minimum Gasteiger partial charge on any atom is -0.399 e. The van der Waals surface area contributed by atoms with Crippen molar-refractivity contribution in [2.75, 3.05) is 38.6 Å². The summed E-state index contributed by atoms with van der Waals surface area (Å²) in [5.41, 5.74) is 5.25. The van der Waals surface area contributed by atoms with Crippen molar-refractivity contribution in [2.45, 2.75) is 12.6 Å². The molecule has 2 aromatic rings. The van der Waals surface area contributed by atoms with Gasteiger partial charge in [0.1, 0.15) is 5.69 Å². The lowest BCUT2D eigenvalue weighted by Crippen LogP contribution is -2.38. The summed E-state index contributed by atoms with van der Waals surface area (Å²) in [5.74, 6) is -0.575. The molecule has 0 unspecified atom stereocenters. The molecule has 8 heteroatoms. The van der Waals surface area contributed by atoms with Crippen molar-refractivity contribution in [3.63, 3.8) is 0 Å². The van der Waals surface area contributed by atoms with Crippen LogP contribution in [-0.4, -0.2) is 48.2 Å². The number of alkyl halides is 3. The van der Waals surface area contributed by atoms with Crippen LogP contribution in [0.1, 0.15) is 16.9 Å². The minimum atomic E-state index is -4.61. The van der Waals surface area contributed by atoms with E-state index in [1.165, 1.54) is 18.2 Å². The second kappa shape index (κ2) is 6.45. The van der Waals surface area contributed by atoms with Gasteiger partial charge in [-0.05, 0) is 24.3 Å². The quantitative estimate of drug-likeness (QED) is 0.872. The lowest BCUT2D eigenvalue weighted by molar-refractivity contribution is -0.142. The summed E-state index contributed by atoms with van der Waals surface area (Å²) in [6.07, 6.45) is -4.60. The van der Waals surface area contributed by atoms with Gasteiger partial charge in [0.15, 0.2) is 0 Å². The van der Waals surface area contributed by atoms with Crippen LogP contribution in [-0.2, 0) is 10.9 Å². The molecule has 0 spiro atoms. The van der Waals surface area contributed by atoms with E-state index in [4.69, 9.17) is 10.5 Å². The van der Waals surface area contributed by atoms with E-state index in [2.05, 4.69) is 0 Å². The maximum absolute atomic E-state index is 13.3. The Morgan fingerprint density at radius 1 is 1.21 bits per heavy atom. The second-order valence-electron chi connectivity index (χ2n) is 5.78. The number of nitrogen functional groups attached to an aromatic ring is 1. The summed E-state index contributed by atoms with van der Waals surface area (Å²) in [6.45, 7) is 2.93. The van der Waals surface area contributed by atoms with Crippen molar-refractivity contribution < 1.29 is 22.7 Å². The fraction of sp³-hybridized carbons (Fsp3) is 0.438. The Morgan fingerprint density at radius 3 is 2.58 bits per heavy atom. The summed E-state index contributed by atoms with van der Waals surface area (Å²) in [6, 6.07) is 5.36. The third kappa shape index (κ3) is 3.39. The van der Waals surface area contributed by atoms with Gasteiger partial charge in [-0.25, -0.2) is 0 Å². The van der Waals surface area contributed by atoms with E-state index in [1.54, 1.807) is 0 Å². The fourth-order valence-electron chi connectivity index (χ4n) is 2.90. The lowest BCUT2D eigenvalue weighted by atomic mass is 10.2. The summed E-state index contributed by atoms with van der Waals surface area (Å²) in [4.78, 5) is 14.5. The third-order valence-corrected chi connectivity index (χ3v) is 4.11. The monoisotopic (exact) mass is 341 g/mol. The normalized spacial score (nSPS) is 16.6. The standard InChI is InChI=1S/C16H18F3N3O2/c17-16(18,19)14-10-11-9-12(20)1-2-13(11)22(14)15(23)3-4-21-5-7-24-8-6-21/h1-2,9-10H,3-8,20H2. The van der Waals surface area contributed by atoms with Crippen molar-refractivity contribution in [1.29, 1.82) is 0 Å². The first-order valence-corrected chi connectivity index (χ1v) is 7.68. The molecule has 1 saturated heterocycles. The van der Waals surface area contributed by atoms with Crippen molar-refractivity contribution in [3.05, 3.63) is 30.0 Å². The molecule has 1 aliphatic rings. The summed E-state index contributed by atoms with van der Waals surface area (Å²) in [5, 5.41) is 0.307. The number of morpholine rings is 1. The first kappa shape index (κ1) is 16.8. The molecule has 5 nitrogen and oxygen atoms in total. The molecule has 0 amide bonds. The lowest BCUT2D eigenvalue weighted by Gasteiger charge is -2.26. The highest BCUT2D eigenvalue weighted by Gasteiger charge is 2.37. The second-order valence-corrected chi connectivity index (χ2v) is 5.78. The van der Waals surface area contributed by atoms with Crippen LogP contribution in [0, 0.1) is 0 Å². The molecule has 3 rings (SSSR count). The van der Waals surface area contributed by atoms with Gasteiger partial charge in [-0.1, -0.05) is 0 Å². The Hall–Kier alpha value is -2.06. The molecule has 0 bridgehead atoms. The molecule has 2 N–H and O–H groups in total. The van der Waals surface area contributed by atoms with Gasteiger partial charge >= 0.3 is 6.18 Å². The van der Waals surface area contributed by atoms with E-state index in [1.807, 2.05) is 4.90 Å². The van der Waals surface area contributed by atoms with Crippen LogP contribution in [0.3, 0.4) is 0 Å². The average Bonchev–Trinajstić information content (AvgIpc) is 2.92. The number of rotatable bonds is 3. The molecule has 1 fully saturated rings. The molecule has 2 heterocycles. The maximum atomic E-state index is 13.3. The van der Waals surface area contributed by atoms with Crippen LogP contribution in [0.2, 0.25) is 0 Å². The zero-order valence-electron chi connectivity index (χ0n) is 13.0. The molecular weight excluding hydrogens is 323 g/mol. The van der Waals surface area contributed by atoms with E-state index in [-0.39, 0.29) is 11.9 Å². The number of ether oxygens (including phenoxy) is 1. The number of hydrogen-bond acceptors (Lipinski definition) is 4. The van der Waals surface area contributed by atoms with Crippen molar-refractivity contribution in [2.24, 2.45) is 0 Å². The highest BCUT2D eigenvalue weighted by Crippen LogP contribution is 2.34. The van der Waals surface area contributed by atoms with Gasteiger partial charge in [0, 0.05) is 37.1 Å². The average molecular weight is 341 g/mol. The minimum absolute atomic E-state index is 0.0111. The number of carbonyl (C=O) groups excluding carboxylic acids is 1. The number of aromatic nitrogens is 1. The SMILES string of the molecule is Nc1ccc2c(c1)cc(C(F)(F)F)n2C(=O)CCN1CCOCC1. The summed E-state index contributed by atoms with van der Waals surface area (Å²) < 4.78 is 45.9. The Bertz CT molecular complexity index is 749. The number of anilines is 1. The Labute approximate surface area is 136 Å². The maximum Gasteiger partial charge on any atom is 0.431 e. The van der Waals surface area contributed by atoms with E-state index >= 15 is 0 Å². The first-order chi connectivity index (χ1) is 11.4. The summed E-state index contributed by atoms with van der Waals surface area (Å²) in [7, 11) is 0. The molecule has 0 aliphatic carbocycles. The first-order valence-electron chi connectivity index (χ1n) is 7.68. The van der Waals surface area contributed by atoms with Gasteiger partial charge in [0.25, 0.3) is 0 Å². The fourth-order valence-corrected chi connectivity index (χ4v) is 2.90. The molecule has 1 aromatic heterocycles. The van der Waals surface area contributed by atoms with Gasteiger partial charge in [0.05, 0.1) is 18.7 Å². The van der Waals surface area contributed by atoms with Crippen LogP contribution >= 0.6 is 0 Å². The zero-order valence-corrected chi connectivity index (χ0v) is 13.0. The smallest absolute Gasteiger partial charge is 0.399 e. The Morgan fingerprint density at radius 2 is 1.92 bits per heavy atom. The number of benzene rings is 1. The zero-order chi connectivity index (χ0) is 17.3. The van der Waals surface area contributed by atoms with Crippen LogP contribution in [0.15, 0.2) is 24.3 Å². The number of nitrogens with two attached hydrogens (primary N) is 1. The van der Waals surface area contributed by atoms with Gasteiger partial charge in [0.2, 0.25) is 5.91 Å². The van der Waals surface area contributed by atoms with Gasteiger partial charge in [-0.3, -0.25) is 14.3 Å². The number of fused-ring (bicyclic) bond motifs is 1. The van der Waals surface area contributed by atoms with Crippen LogP contribution in [0.4, 0.5) is 18.9 Å². The number of halogens is 3. The van der Waals surface area contributed by atoms with Crippen molar-refractivity contribution >= 4 is 22.5 Å². The van der Waals surface area contributed by atoms with Crippen molar-refractivity contribution in [1.82, 2.24) is 9.47 Å².